The Kier molecular flexibility index (Phi) is 6.49. The number of anilines is 1. The Bertz CT molecular complexity index is 918. The molecule has 8 heteroatoms. The van der Waals surface area contributed by atoms with Crippen molar-refractivity contribution in [2.24, 2.45) is 0 Å². The van der Waals surface area contributed by atoms with Gasteiger partial charge in [-0.3, -0.25) is 14.5 Å². The lowest BCUT2D eigenvalue weighted by atomic mass is 10.1. The van der Waals surface area contributed by atoms with Crippen LogP contribution in [-0.4, -0.2) is 50.6 Å². The molecule has 1 aliphatic heterocycles. The summed E-state index contributed by atoms with van der Waals surface area (Å²) >= 11 is 6.13. The van der Waals surface area contributed by atoms with Crippen LogP contribution in [0.5, 0.6) is 17.2 Å². The Labute approximate surface area is 174 Å². The fourth-order valence-electron chi connectivity index (χ4n) is 3.27. The lowest BCUT2D eigenvalue weighted by molar-refractivity contribution is -0.138. The van der Waals surface area contributed by atoms with E-state index < -0.39 is 6.04 Å². The first-order valence-electron chi connectivity index (χ1n) is 9.12. The van der Waals surface area contributed by atoms with Crippen LogP contribution in [0.4, 0.5) is 5.69 Å². The van der Waals surface area contributed by atoms with Gasteiger partial charge in [-0.2, -0.15) is 0 Å². The number of nitrogens with one attached hydrogen (secondary N) is 1. The van der Waals surface area contributed by atoms with E-state index >= 15 is 0 Å². The van der Waals surface area contributed by atoms with Gasteiger partial charge in [0.25, 0.3) is 5.91 Å². The second-order valence-corrected chi connectivity index (χ2v) is 6.98. The van der Waals surface area contributed by atoms with Crippen molar-refractivity contribution in [3.05, 3.63) is 47.0 Å². The van der Waals surface area contributed by atoms with Crippen molar-refractivity contribution in [3.63, 3.8) is 0 Å². The smallest absolute Gasteiger partial charge is 0.252 e. The maximum Gasteiger partial charge on any atom is 0.252 e. The first-order chi connectivity index (χ1) is 14.0. The molecule has 3 rings (SSSR count). The number of rotatable bonds is 8. The number of hydrogen-bond donors (Lipinski definition) is 1. The van der Waals surface area contributed by atoms with E-state index in [-0.39, 0.29) is 18.2 Å². The number of amides is 2. The average molecular weight is 419 g/mol. The molecule has 2 aromatic rings. The molecule has 2 amide bonds. The van der Waals surface area contributed by atoms with Crippen molar-refractivity contribution in [3.8, 4) is 17.2 Å². The van der Waals surface area contributed by atoms with Gasteiger partial charge in [-0.25, -0.2) is 0 Å². The third-order valence-corrected chi connectivity index (χ3v) is 5.10. The molecule has 1 aliphatic rings. The number of benzene rings is 2. The number of carbonyl (C=O) groups is 2. The highest BCUT2D eigenvalue weighted by atomic mass is 35.5. The average Bonchev–Trinajstić information content (AvgIpc) is 2.98. The number of carbonyl (C=O) groups excluding carboxylic acids is 2. The third kappa shape index (κ3) is 4.56. The predicted molar refractivity (Wildman–Crippen MR) is 110 cm³/mol. The van der Waals surface area contributed by atoms with Crippen LogP contribution >= 0.6 is 11.6 Å². The van der Waals surface area contributed by atoms with E-state index in [1.54, 1.807) is 38.5 Å². The fourth-order valence-corrected chi connectivity index (χ4v) is 3.52. The Morgan fingerprint density at radius 1 is 1.00 bits per heavy atom. The molecule has 29 heavy (non-hydrogen) atoms. The highest BCUT2D eigenvalue weighted by molar-refractivity contribution is 6.32. The summed E-state index contributed by atoms with van der Waals surface area (Å²) in [4.78, 5) is 26.4. The molecule has 0 saturated carbocycles. The zero-order valence-corrected chi connectivity index (χ0v) is 17.3. The molecule has 154 valence electrons. The van der Waals surface area contributed by atoms with E-state index in [1.807, 2.05) is 12.1 Å². The monoisotopic (exact) mass is 418 g/mol. The van der Waals surface area contributed by atoms with Crippen LogP contribution in [0.2, 0.25) is 5.02 Å². The summed E-state index contributed by atoms with van der Waals surface area (Å²) < 4.78 is 15.7. The summed E-state index contributed by atoms with van der Waals surface area (Å²) in [5, 5.41) is 3.52. The number of likely N-dealkylation sites (tertiary alicyclic amines) is 1. The van der Waals surface area contributed by atoms with Crippen molar-refractivity contribution < 1.29 is 23.8 Å². The lowest BCUT2D eigenvalue weighted by Gasteiger charge is -2.17. The Hall–Kier alpha value is -2.93. The summed E-state index contributed by atoms with van der Waals surface area (Å²) in [6, 6.07) is 10.1. The van der Waals surface area contributed by atoms with Crippen LogP contribution in [0, 0.1) is 0 Å². The lowest BCUT2D eigenvalue weighted by Crippen LogP contribution is -2.36. The van der Waals surface area contributed by atoms with Gasteiger partial charge in [0.05, 0.1) is 32.8 Å². The SMILES string of the molecule is COc1ccc(N[C@@H]2CC(=O)N(CCc3ccc(OC)c(OC)c3)C2=O)cc1Cl. The number of nitrogens with zero attached hydrogens (tertiary/aromatic N) is 1. The third-order valence-electron chi connectivity index (χ3n) is 4.81. The summed E-state index contributed by atoms with van der Waals surface area (Å²) in [5.74, 6) is 1.34. The molecule has 0 aliphatic carbocycles. The fraction of sp³-hybridized carbons (Fsp3) is 0.333. The first-order valence-corrected chi connectivity index (χ1v) is 9.49. The molecule has 1 heterocycles. The van der Waals surface area contributed by atoms with E-state index in [4.69, 9.17) is 25.8 Å². The first kappa shape index (κ1) is 20.8. The molecule has 0 aromatic heterocycles. The molecular formula is C21H23ClN2O5. The van der Waals surface area contributed by atoms with Gasteiger partial charge in [0, 0.05) is 12.2 Å². The van der Waals surface area contributed by atoms with Crippen LogP contribution < -0.4 is 19.5 Å². The standard InChI is InChI=1S/C21H23ClN2O5/c1-27-17-7-5-14(11-15(17)22)23-16-12-20(25)24(21(16)26)9-8-13-4-6-18(28-2)19(10-13)29-3/h4-7,10-11,16,23H,8-9,12H2,1-3H3/t16-/m1/s1. The van der Waals surface area contributed by atoms with Gasteiger partial charge < -0.3 is 19.5 Å². The van der Waals surface area contributed by atoms with Gasteiger partial charge >= 0.3 is 0 Å². The van der Waals surface area contributed by atoms with Gasteiger partial charge in [0.2, 0.25) is 5.91 Å². The van der Waals surface area contributed by atoms with Crippen molar-refractivity contribution in [1.29, 1.82) is 0 Å². The number of imide groups is 1. The van der Waals surface area contributed by atoms with E-state index in [9.17, 15) is 9.59 Å². The van der Waals surface area contributed by atoms with Crippen LogP contribution in [0.1, 0.15) is 12.0 Å². The zero-order valence-electron chi connectivity index (χ0n) is 16.5. The van der Waals surface area contributed by atoms with E-state index in [2.05, 4.69) is 5.32 Å². The second kappa shape index (κ2) is 9.05. The molecule has 1 saturated heterocycles. The van der Waals surface area contributed by atoms with Crippen molar-refractivity contribution in [2.75, 3.05) is 33.2 Å². The van der Waals surface area contributed by atoms with E-state index in [0.717, 1.165) is 5.56 Å². The molecule has 0 bridgehead atoms. The van der Waals surface area contributed by atoms with Gasteiger partial charge in [-0.1, -0.05) is 17.7 Å². The number of ether oxygens (including phenoxy) is 3. The Morgan fingerprint density at radius 2 is 1.69 bits per heavy atom. The van der Waals surface area contributed by atoms with Crippen LogP contribution in [0.25, 0.3) is 0 Å². The summed E-state index contributed by atoms with van der Waals surface area (Å²) in [6.07, 6.45) is 0.632. The minimum absolute atomic E-state index is 0.106. The topological polar surface area (TPSA) is 77.1 Å². The van der Waals surface area contributed by atoms with Crippen LogP contribution in [-0.2, 0) is 16.0 Å². The number of halogens is 1. The van der Waals surface area contributed by atoms with Gasteiger partial charge in [0.15, 0.2) is 11.5 Å². The maximum absolute atomic E-state index is 12.7. The molecule has 1 atom stereocenters. The molecular weight excluding hydrogens is 396 g/mol. The highest BCUT2D eigenvalue weighted by Crippen LogP contribution is 2.30. The summed E-state index contributed by atoms with van der Waals surface area (Å²) in [6.45, 7) is 0.300. The zero-order chi connectivity index (χ0) is 21.0. The molecule has 2 aromatic carbocycles. The molecule has 7 nitrogen and oxygen atoms in total. The quantitative estimate of drug-likeness (QED) is 0.663. The van der Waals surface area contributed by atoms with Gasteiger partial charge in [0.1, 0.15) is 11.8 Å². The summed E-state index contributed by atoms with van der Waals surface area (Å²) in [7, 11) is 4.67. The van der Waals surface area contributed by atoms with E-state index in [0.29, 0.717) is 40.9 Å². The molecule has 0 radical (unpaired) electrons. The van der Waals surface area contributed by atoms with Crippen LogP contribution in [0.15, 0.2) is 36.4 Å². The number of methoxy groups -OCH3 is 3. The van der Waals surface area contributed by atoms with Crippen LogP contribution in [0.3, 0.4) is 0 Å². The van der Waals surface area contributed by atoms with Gasteiger partial charge in [-0.05, 0) is 42.3 Å². The minimum atomic E-state index is -0.614. The minimum Gasteiger partial charge on any atom is -0.495 e. The van der Waals surface area contributed by atoms with Crippen molar-refractivity contribution in [2.45, 2.75) is 18.9 Å². The Balaban J connectivity index is 1.64. The molecule has 0 spiro atoms. The van der Waals surface area contributed by atoms with Crippen molar-refractivity contribution >= 4 is 29.1 Å². The highest BCUT2D eigenvalue weighted by Gasteiger charge is 2.38. The summed E-state index contributed by atoms with van der Waals surface area (Å²) in [5.41, 5.74) is 1.60. The molecule has 1 N–H and O–H groups in total. The molecule has 0 unspecified atom stereocenters. The molecule has 1 fully saturated rings. The largest absolute Gasteiger partial charge is 0.495 e. The number of hydrogen-bond acceptors (Lipinski definition) is 6. The Morgan fingerprint density at radius 3 is 2.34 bits per heavy atom. The predicted octanol–water partition coefficient (Wildman–Crippen LogP) is 3.15. The van der Waals surface area contributed by atoms with Crippen molar-refractivity contribution in [1.82, 2.24) is 4.90 Å². The van der Waals surface area contributed by atoms with E-state index in [1.165, 1.54) is 12.0 Å². The maximum atomic E-state index is 12.7. The van der Waals surface area contributed by atoms with Gasteiger partial charge in [-0.15, -0.1) is 0 Å². The normalized spacial score (nSPS) is 16.1. The second-order valence-electron chi connectivity index (χ2n) is 6.57.